The maximum atomic E-state index is 3.49. The summed E-state index contributed by atoms with van der Waals surface area (Å²) in [5.74, 6) is 0.804. The molecule has 0 spiro atoms. The maximum Gasteiger partial charge on any atom is 0.0247 e. The van der Waals surface area contributed by atoms with Crippen molar-refractivity contribution in [2.75, 3.05) is 19.6 Å². The molecule has 1 atom stereocenters. The van der Waals surface area contributed by atoms with Gasteiger partial charge in [0.25, 0.3) is 0 Å². The van der Waals surface area contributed by atoms with Crippen molar-refractivity contribution in [1.82, 2.24) is 10.2 Å². The van der Waals surface area contributed by atoms with Gasteiger partial charge in [0.05, 0.1) is 0 Å². The predicted molar refractivity (Wildman–Crippen MR) is 51.2 cm³/mol. The van der Waals surface area contributed by atoms with E-state index in [-0.39, 0.29) is 0 Å². The van der Waals surface area contributed by atoms with Crippen molar-refractivity contribution in [3.05, 3.63) is 0 Å². The topological polar surface area (TPSA) is 15.3 Å². The largest absolute Gasteiger partial charge is 0.314 e. The van der Waals surface area contributed by atoms with Gasteiger partial charge >= 0.3 is 0 Å². The fraction of sp³-hybridized carbons (Fsp3) is 1.00. The number of hydrogen-bond donors (Lipinski definition) is 1. The van der Waals surface area contributed by atoms with Crippen LogP contribution in [0.25, 0.3) is 0 Å². The highest BCUT2D eigenvalue weighted by Gasteiger charge is 2.36. The van der Waals surface area contributed by atoms with E-state index >= 15 is 0 Å². The van der Waals surface area contributed by atoms with Crippen LogP contribution >= 0.6 is 0 Å². The van der Waals surface area contributed by atoms with E-state index in [0.29, 0.717) is 0 Å². The Hall–Kier alpha value is -0.0800. The number of rotatable bonds is 2. The summed E-state index contributed by atoms with van der Waals surface area (Å²) < 4.78 is 0. The molecule has 0 radical (unpaired) electrons. The molecule has 1 saturated carbocycles. The first-order chi connectivity index (χ1) is 5.79. The zero-order chi connectivity index (χ0) is 8.55. The van der Waals surface area contributed by atoms with Crippen LogP contribution in [0.1, 0.15) is 26.7 Å². The number of hydrogen-bond acceptors (Lipinski definition) is 2. The van der Waals surface area contributed by atoms with Gasteiger partial charge in [-0.05, 0) is 18.8 Å². The van der Waals surface area contributed by atoms with Gasteiger partial charge < -0.3 is 5.32 Å². The lowest BCUT2D eigenvalue weighted by Crippen LogP contribution is -2.54. The fourth-order valence-electron chi connectivity index (χ4n) is 2.22. The molecule has 0 aromatic rings. The molecule has 2 heteroatoms. The van der Waals surface area contributed by atoms with Gasteiger partial charge in [0.1, 0.15) is 0 Å². The molecule has 1 aliphatic heterocycles. The summed E-state index contributed by atoms with van der Waals surface area (Å²) in [5.41, 5.74) is 0. The SMILES string of the molecule is CC(C)[C@@H]1CNCCN1C1CC1. The van der Waals surface area contributed by atoms with Crippen LogP contribution in [-0.2, 0) is 0 Å². The third-order valence-electron chi connectivity index (χ3n) is 3.11. The van der Waals surface area contributed by atoms with Gasteiger partial charge in [0.15, 0.2) is 0 Å². The Balaban J connectivity index is 1.96. The van der Waals surface area contributed by atoms with Gasteiger partial charge in [-0.3, -0.25) is 4.90 Å². The molecule has 0 amide bonds. The van der Waals surface area contributed by atoms with Gasteiger partial charge in [-0.15, -0.1) is 0 Å². The Morgan fingerprint density at radius 2 is 2.08 bits per heavy atom. The van der Waals surface area contributed by atoms with E-state index in [1.807, 2.05) is 0 Å². The number of nitrogens with one attached hydrogen (secondary N) is 1. The van der Waals surface area contributed by atoms with Crippen LogP contribution in [0, 0.1) is 5.92 Å². The molecule has 0 unspecified atom stereocenters. The quantitative estimate of drug-likeness (QED) is 0.663. The predicted octanol–water partition coefficient (Wildman–Crippen LogP) is 1.08. The molecule has 2 aliphatic rings. The van der Waals surface area contributed by atoms with E-state index in [1.165, 1.54) is 32.5 Å². The molecule has 12 heavy (non-hydrogen) atoms. The Kier molecular flexibility index (Phi) is 2.37. The second-order valence-corrected chi connectivity index (χ2v) is 4.48. The minimum Gasteiger partial charge on any atom is -0.314 e. The lowest BCUT2D eigenvalue weighted by Gasteiger charge is -2.38. The third-order valence-corrected chi connectivity index (χ3v) is 3.11. The molecule has 2 nitrogen and oxygen atoms in total. The summed E-state index contributed by atoms with van der Waals surface area (Å²) >= 11 is 0. The van der Waals surface area contributed by atoms with Gasteiger partial charge in [0.2, 0.25) is 0 Å². The fourth-order valence-corrected chi connectivity index (χ4v) is 2.22. The molecule has 2 rings (SSSR count). The molecular weight excluding hydrogens is 148 g/mol. The van der Waals surface area contributed by atoms with Crippen molar-refractivity contribution < 1.29 is 0 Å². The van der Waals surface area contributed by atoms with Crippen LogP contribution in [0.3, 0.4) is 0 Å². The Morgan fingerprint density at radius 3 is 2.67 bits per heavy atom. The molecule has 0 aromatic carbocycles. The van der Waals surface area contributed by atoms with Crippen LogP contribution < -0.4 is 5.32 Å². The summed E-state index contributed by atoms with van der Waals surface area (Å²) in [6.45, 7) is 8.35. The van der Waals surface area contributed by atoms with Crippen LogP contribution in [0.15, 0.2) is 0 Å². The lowest BCUT2D eigenvalue weighted by molar-refractivity contribution is 0.116. The molecule has 0 bridgehead atoms. The Bertz CT molecular complexity index is 142. The van der Waals surface area contributed by atoms with Crippen molar-refractivity contribution in [3.8, 4) is 0 Å². The first kappa shape index (κ1) is 8.52. The molecule has 70 valence electrons. The summed E-state index contributed by atoms with van der Waals surface area (Å²) in [4.78, 5) is 2.72. The van der Waals surface area contributed by atoms with Gasteiger partial charge in [-0.2, -0.15) is 0 Å². The van der Waals surface area contributed by atoms with E-state index < -0.39 is 0 Å². The van der Waals surface area contributed by atoms with Crippen LogP contribution in [0.5, 0.6) is 0 Å². The highest BCUT2D eigenvalue weighted by molar-refractivity contribution is 4.93. The minimum atomic E-state index is 0.797. The summed E-state index contributed by atoms with van der Waals surface area (Å²) in [5, 5.41) is 3.49. The molecule has 1 N–H and O–H groups in total. The van der Waals surface area contributed by atoms with Gasteiger partial charge in [-0.25, -0.2) is 0 Å². The van der Waals surface area contributed by atoms with E-state index in [2.05, 4.69) is 24.1 Å². The number of piperazine rings is 1. The first-order valence-electron chi connectivity index (χ1n) is 5.25. The van der Waals surface area contributed by atoms with E-state index in [0.717, 1.165) is 18.0 Å². The molecule has 0 aromatic heterocycles. The van der Waals surface area contributed by atoms with Crippen molar-refractivity contribution in [3.63, 3.8) is 0 Å². The van der Waals surface area contributed by atoms with E-state index in [4.69, 9.17) is 0 Å². The zero-order valence-corrected chi connectivity index (χ0v) is 8.21. The standard InChI is InChI=1S/C10H20N2/c1-8(2)10-7-11-5-6-12(10)9-3-4-9/h8-11H,3-7H2,1-2H3/t10-/m0/s1. The van der Waals surface area contributed by atoms with E-state index in [1.54, 1.807) is 0 Å². The smallest absolute Gasteiger partial charge is 0.0247 e. The average Bonchev–Trinajstić information content (AvgIpc) is 2.87. The molecule has 1 heterocycles. The molecular formula is C10H20N2. The number of nitrogens with zero attached hydrogens (tertiary/aromatic N) is 1. The molecule has 2 fully saturated rings. The Morgan fingerprint density at radius 1 is 1.33 bits per heavy atom. The second-order valence-electron chi connectivity index (χ2n) is 4.48. The van der Waals surface area contributed by atoms with Crippen LogP contribution in [0.4, 0.5) is 0 Å². The monoisotopic (exact) mass is 168 g/mol. The summed E-state index contributed by atoms with van der Waals surface area (Å²) in [7, 11) is 0. The lowest BCUT2D eigenvalue weighted by atomic mass is 10.0. The summed E-state index contributed by atoms with van der Waals surface area (Å²) in [6.07, 6.45) is 2.90. The third kappa shape index (κ3) is 1.64. The van der Waals surface area contributed by atoms with Crippen molar-refractivity contribution in [2.24, 2.45) is 5.92 Å². The van der Waals surface area contributed by atoms with Crippen molar-refractivity contribution >= 4 is 0 Å². The van der Waals surface area contributed by atoms with Gasteiger partial charge in [-0.1, -0.05) is 13.8 Å². The van der Waals surface area contributed by atoms with Crippen LogP contribution in [0.2, 0.25) is 0 Å². The minimum absolute atomic E-state index is 0.797. The highest BCUT2D eigenvalue weighted by atomic mass is 15.3. The summed E-state index contributed by atoms with van der Waals surface area (Å²) in [6, 6.07) is 1.74. The highest BCUT2D eigenvalue weighted by Crippen LogP contribution is 2.30. The molecule has 1 aliphatic carbocycles. The van der Waals surface area contributed by atoms with Crippen molar-refractivity contribution in [2.45, 2.75) is 38.8 Å². The maximum absolute atomic E-state index is 3.49. The normalized spacial score (nSPS) is 32.8. The average molecular weight is 168 g/mol. The second kappa shape index (κ2) is 3.35. The Labute approximate surface area is 75.3 Å². The van der Waals surface area contributed by atoms with Gasteiger partial charge in [0, 0.05) is 31.7 Å². The first-order valence-corrected chi connectivity index (χ1v) is 5.25. The van der Waals surface area contributed by atoms with Crippen LogP contribution in [-0.4, -0.2) is 36.6 Å². The molecule has 1 saturated heterocycles. The van der Waals surface area contributed by atoms with Crippen molar-refractivity contribution in [1.29, 1.82) is 0 Å². The van der Waals surface area contributed by atoms with E-state index in [9.17, 15) is 0 Å². The zero-order valence-electron chi connectivity index (χ0n) is 8.21.